The average Bonchev–Trinajstić information content (AvgIpc) is 1.20. The van der Waals surface area contributed by atoms with Gasteiger partial charge in [-0.1, -0.05) is 13.8 Å². The molecule has 0 radical (unpaired) electrons. The predicted octanol–water partition coefficient (Wildman–Crippen LogP) is 2.55. The second kappa shape index (κ2) is 1.60. The van der Waals surface area contributed by atoms with Crippen molar-refractivity contribution in [2.24, 2.45) is 0 Å². The summed E-state index contributed by atoms with van der Waals surface area (Å²) >= 11 is 6.37. The van der Waals surface area contributed by atoms with Gasteiger partial charge in [-0.05, 0) is 13.3 Å². The fraction of sp³-hybridized carbons (Fsp3) is 1.00. The van der Waals surface area contributed by atoms with Crippen LogP contribution in [0.4, 0.5) is 0 Å². The van der Waals surface area contributed by atoms with E-state index >= 15 is 0 Å². The molecule has 0 aliphatic carbocycles. The van der Waals surface area contributed by atoms with E-state index in [0.717, 1.165) is 0 Å². The topological polar surface area (TPSA) is 0 Å². The standard InChI is InChI=1S/C6H12S2/c1-5(2)4-6(3,7)8-5/h7H,4H2,1-3H3. The third-order valence-corrected chi connectivity index (χ3v) is 2.96. The van der Waals surface area contributed by atoms with E-state index in [4.69, 9.17) is 0 Å². The maximum Gasteiger partial charge on any atom is 0.0571 e. The van der Waals surface area contributed by atoms with Gasteiger partial charge >= 0.3 is 0 Å². The Bertz CT molecular complexity index is 83.1. The summed E-state index contributed by atoms with van der Waals surface area (Å²) in [6.45, 7) is 6.69. The summed E-state index contributed by atoms with van der Waals surface area (Å²) in [6, 6.07) is 0. The molecule has 0 amide bonds. The van der Waals surface area contributed by atoms with E-state index in [1.165, 1.54) is 6.42 Å². The lowest BCUT2D eigenvalue weighted by molar-refractivity contribution is 0.556. The zero-order valence-corrected chi connectivity index (χ0v) is 7.27. The Morgan fingerprint density at radius 2 is 1.75 bits per heavy atom. The first kappa shape index (κ1) is 6.81. The molecule has 1 fully saturated rings. The second-order valence-corrected chi connectivity index (χ2v) is 6.71. The third-order valence-electron chi connectivity index (χ3n) is 1.25. The van der Waals surface area contributed by atoms with Gasteiger partial charge in [-0.3, -0.25) is 0 Å². The lowest BCUT2D eigenvalue weighted by atomic mass is 10.1. The summed E-state index contributed by atoms with van der Waals surface area (Å²) in [4.78, 5) is 0. The summed E-state index contributed by atoms with van der Waals surface area (Å²) in [6.07, 6.45) is 1.23. The first-order chi connectivity index (χ1) is 3.41. The third kappa shape index (κ3) is 1.35. The van der Waals surface area contributed by atoms with E-state index in [-0.39, 0.29) is 4.08 Å². The largest absolute Gasteiger partial charge is 0.162 e. The van der Waals surface area contributed by atoms with Gasteiger partial charge in [0, 0.05) is 4.75 Å². The van der Waals surface area contributed by atoms with Crippen molar-refractivity contribution in [3.63, 3.8) is 0 Å². The number of rotatable bonds is 0. The highest BCUT2D eigenvalue weighted by Gasteiger charge is 2.43. The summed E-state index contributed by atoms with van der Waals surface area (Å²) in [5.74, 6) is 0. The summed E-state index contributed by atoms with van der Waals surface area (Å²) in [7, 11) is 0. The van der Waals surface area contributed by atoms with E-state index < -0.39 is 0 Å². The molecule has 0 aromatic rings. The number of hydrogen-bond donors (Lipinski definition) is 1. The molecule has 1 unspecified atom stereocenters. The molecule has 1 aliphatic heterocycles. The minimum Gasteiger partial charge on any atom is -0.162 e. The molecule has 0 nitrogen and oxygen atoms in total. The summed E-state index contributed by atoms with van der Waals surface area (Å²) in [5, 5.41) is 0. The highest BCUT2D eigenvalue weighted by molar-refractivity contribution is 8.13. The molecule has 0 spiro atoms. The summed E-state index contributed by atoms with van der Waals surface area (Å²) < 4.78 is 0.764. The molecule has 8 heavy (non-hydrogen) atoms. The molecule has 2 heteroatoms. The Kier molecular flexibility index (Phi) is 1.36. The SMILES string of the molecule is CC1(C)CC(C)(S)S1. The first-order valence-corrected chi connectivity index (χ1v) is 4.10. The van der Waals surface area contributed by atoms with E-state index in [1.807, 2.05) is 11.8 Å². The van der Waals surface area contributed by atoms with Crippen molar-refractivity contribution in [3.05, 3.63) is 0 Å². The molecular formula is C6H12S2. The maximum atomic E-state index is 4.42. The van der Waals surface area contributed by atoms with Gasteiger partial charge < -0.3 is 0 Å². The van der Waals surface area contributed by atoms with Crippen LogP contribution in [0.2, 0.25) is 0 Å². The average molecular weight is 148 g/mol. The number of hydrogen-bond acceptors (Lipinski definition) is 2. The van der Waals surface area contributed by atoms with E-state index in [2.05, 4.69) is 33.4 Å². The first-order valence-electron chi connectivity index (χ1n) is 2.84. The molecule has 1 atom stereocenters. The second-order valence-electron chi connectivity index (χ2n) is 3.21. The molecule has 48 valence electrons. The molecule has 0 bridgehead atoms. The Morgan fingerprint density at radius 1 is 1.38 bits per heavy atom. The Balaban J connectivity index is 2.42. The molecule has 0 aromatic carbocycles. The van der Waals surface area contributed by atoms with Crippen molar-refractivity contribution < 1.29 is 0 Å². The number of thioether (sulfide) groups is 1. The van der Waals surface area contributed by atoms with E-state index in [0.29, 0.717) is 4.75 Å². The van der Waals surface area contributed by atoms with Gasteiger partial charge in [-0.15, -0.1) is 11.8 Å². The van der Waals surface area contributed by atoms with Crippen molar-refractivity contribution in [1.29, 1.82) is 0 Å². The smallest absolute Gasteiger partial charge is 0.0571 e. The van der Waals surface area contributed by atoms with Crippen LogP contribution in [0.25, 0.3) is 0 Å². The Hall–Kier alpha value is 0.700. The van der Waals surface area contributed by atoms with Crippen LogP contribution in [0.1, 0.15) is 27.2 Å². The van der Waals surface area contributed by atoms with Crippen LogP contribution in [0, 0.1) is 0 Å². The fourth-order valence-corrected chi connectivity index (χ4v) is 4.36. The molecule has 0 aromatic heterocycles. The van der Waals surface area contributed by atoms with Crippen LogP contribution in [0.5, 0.6) is 0 Å². The number of thiol groups is 1. The van der Waals surface area contributed by atoms with Crippen molar-refractivity contribution in [1.82, 2.24) is 0 Å². The van der Waals surface area contributed by atoms with Gasteiger partial charge in [0.05, 0.1) is 4.08 Å². The van der Waals surface area contributed by atoms with Crippen molar-refractivity contribution in [3.8, 4) is 0 Å². The molecular weight excluding hydrogens is 136 g/mol. The van der Waals surface area contributed by atoms with Gasteiger partial charge in [0.25, 0.3) is 0 Å². The van der Waals surface area contributed by atoms with Gasteiger partial charge in [-0.25, -0.2) is 0 Å². The summed E-state index contributed by atoms with van der Waals surface area (Å²) in [5.41, 5.74) is 0. The minimum absolute atomic E-state index is 0.267. The molecule has 1 rings (SSSR count). The lowest BCUT2D eigenvalue weighted by Gasteiger charge is -2.47. The molecule has 0 N–H and O–H groups in total. The monoisotopic (exact) mass is 148 g/mol. The Labute approximate surface area is 60.8 Å². The highest BCUT2D eigenvalue weighted by Crippen LogP contribution is 2.56. The van der Waals surface area contributed by atoms with Crippen molar-refractivity contribution in [2.75, 3.05) is 0 Å². The van der Waals surface area contributed by atoms with Crippen LogP contribution in [-0.2, 0) is 0 Å². The quantitative estimate of drug-likeness (QED) is 0.515. The minimum atomic E-state index is 0.267. The Morgan fingerprint density at radius 3 is 1.75 bits per heavy atom. The maximum absolute atomic E-state index is 4.42. The van der Waals surface area contributed by atoms with Crippen molar-refractivity contribution in [2.45, 2.75) is 36.0 Å². The zero-order valence-electron chi connectivity index (χ0n) is 5.56. The van der Waals surface area contributed by atoms with Gasteiger partial charge in [0.2, 0.25) is 0 Å². The molecule has 1 aliphatic rings. The van der Waals surface area contributed by atoms with E-state index in [1.54, 1.807) is 0 Å². The zero-order chi connectivity index (χ0) is 6.41. The normalized spacial score (nSPS) is 43.5. The lowest BCUT2D eigenvalue weighted by Crippen LogP contribution is -2.40. The highest BCUT2D eigenvalue weighted by atomic mass is 32.2. The van der Waals surface area contributed by atoms with Crippen LogP contribution < -0.4 is 0 Å². The van der Waals surface area contributed by atoms with Crippen LogP contribution in [0.3, 0.4) is 0 Å². The molecule has 1 saturated heterocycles. The van der Waals surface area contributed by atoms with Gasteiger partial charge in [-0.2, -0.15) is 12.6 Å². The van der Waals surface area contributed by atoms with Crippen LogP contribution >= 0.6 is 24.4 Å². The van der Waals surface area contributed by atoms with Crippen LogP contribution in [-0.4, -0.2) is 8.83 Å². The molecule has 1 heterocycles. The van der Waals surface area contributed by atoms with Gasteiger partial charge in [0.15, 0.2) is 0 Å². The van der Waals surface area contributed by atoms with Crippen molar-refractivity contribution >= 4 is 24.4 Å². The van der Waals surface area contributed by atoms with Gasteiger partial charge in [0.1, 0.15) is 0 Å². The van der Waals surface area contributed by atoms with E-state index in [9.17, 15) is 0 Å². The fourth-order valence-electron chi connectivity index (χ4n) is 1.38. The van der Waals surface area contributed by atoms with Crippen LogP contribution in [0.15, 0.2) is 0 Å². The molecule has 0 saturated carbocycles. The predicted molar refractivity (Wildman–Crippen MR) is 43.7 cm³/mol.